The molecule has 0 aliphatic rings. The first-order valence-corrected chi connectivity index (χ1v) is 4.76. The van der Waals surface area contributed by atoms with Gasteiger partial charge in [0, 0.05) is 6.54 Å². The monoisotopic (exact) mass is 228 g/mol. The SMILES string of the molecule is CCCCn1c(N)c([N+](=O)[O-])c(=O)[nH]c1=O. The third-order valence-electron chi connectivity index (χ3n) is 2.13. The molecule has 88 valence electrons. The summed E-state index contributed by atoms with van der Waals surface area (Å²) in [5.41, 5.74) is 2.86. The summed E-state index contributed by atoms with van der Waals surface area (Å²) in [6, 6.07) is 0. The molecule has 0 bridgehead atoms. The number of nitro groups is 1. The van der Waals surface area contributed by atoms with Crippen molar-refractivity contribution in [3.8, 4) is 0 Å². The summed E-state index contributed by atoms with van der Waals surface area (Å²) < 4.78 is 1.00. The number of nitrogens with one attached hydrogen (secondary N) is 1. The first kappa shape index (κ1) is 12.0. The molecule has 0 aliphatic heterocycles. The van der Waals surface area contributed by atoms with Gasteiger partial charge < -0.3 is 5.73 Å². The highest BCUT2D eigenvalue weighted by molar-refractivity contribution is 5.50. The Bertz CT molecular complexity index is 516. The van der Waals surface area contributed by atoms with E-state index >= 15 is 0 Å². The number of rotatable bonds is 4. The van der Waals surface area contributed by atoms with E-state index in [1.807, 2.05) is 11.9 Å². The van der Waals surface area contributed by atoms with Crippen LogP contribution in [0.4, 0.5) is 11.5 Å². The summed E-state index contributed by atoms with van der Waals surface area (Å²) >= 11 is 0. The van der Waals surface area contributed by atoms with E-state index in [1.54, 1.807) is 0 Å². The second kappa shape index (κ2) is 4.60. The normalized spacial score (nSPS) is 10.3. The molecule has 1 rings (SSSR count). The van der Waals surface area contributed by atoms with E-state index in [2.05, 4.69) is 0 Å². The van der Waals surface area contributed by atoms with E-state index in [4.69, 9.17) is 5.73 Å². The van der Waals surface area contributed by atoms with Gasteiger partial charge in [0.1, 0.15) is 0 Å². The fourth-order valence-corrected chi connectivity index (χ4v) is 1.29. The van der Waals surface area contributed by atoms with Gasteiger partial charge >= 0.3 is 16.9 Å². The average molecular weight is 228 g/mol. The third kappa shape index (κ3) is 2.10. The van der Waals surface area contributed by atoms with Gasteiger partial charge in [-0.3, -0.25) is 24.5 Å². The Labute approximate surface area is 89.9 Å². The van der Waals surface area contributed by atoms with Crippen LogP contribution in [0.1, 0.15) is 19.8 Å². The lowest BCUT2D eigenvalue weighted by Crippen LogP contribution is -2.33. The van der Waals surface area contributed by atoms with Crippen LogP contribution in [-0.4, -0.2) is 14.5 Å². The van der Waals surface area contributed by atoms with Crippen LogP contribution in [0.2, 0.25) is 0 Å². The van der Waals surface area contributed by atoms with Gasteiger partial charge in [0.05, 0.1) is 4.92 Å². The van der Waals surface area contributed by atoms with Crippen molar-refractivity contribution >= 4 is 11.5 Å². The Kier molecular flexibility index (Phi) is 3.44. The number of nitrogens with zero attached hydrogens (tertiary/aromatic N) is 2. The topological polar surface area (TPSA) is 124 Å². The zero-order valence-electron chi connectivity index (χ0n) is 8.73. The van der Waals surface area contributed by atoms with Crippen molar-refractivity contribution in [1.29, 1.82) is 0 Å². The number of unbranched alkanes of at least 4 members (excludes halogenated alkanes) is 1. The number of anilines is 1. The second-order valence-electron chi connectivity index (χ2n) is 3.26. The molecular formula is C8H12N4O4. The van der Waals surface area contributed by atoms with Crippen molar-refractivity contribution in [2.75, 3.05) is 5.73 Å². The van der Waals surface area contributed by atoms with Gasteiger partial charge in [-0.25, -0.2) is 4.79 Å². The lowest BCUT2D eigenvalue weighted by Gasteiger charge is -2.07. The van der Waals surface area contributed by atoms with Gasteiger partial charge in [0.2, 0.25) is 0 Å². The number of hydrogen-bond donors (Lipinski definition) is 2. The van der Waals surface area contributed by atoms with Crippen molar-refractivity contribution in [2.45, 2.75) is 26.3 Å². The number of nitrogen functional groups attached to an aromatic ring is 1. The van der Waals surface area contributed by atoms with Gasteiger partial charge in [-0.15, -0.1) is 0 Å². The van der Waals surface area contributed by atoms with Crippen LogP contribution in [0, 0.1) is 10.1 Å². The minimum absolute atomic E-state index is 0.249. The molecule has 0 aromatic carbocycles. The van der Waals surface area contributed by atoms with Gasteiger partial charge in [-0.2, -0.15) is 0 Å². The maximum atomic E-state index is 11.3. The van der Waals surface area contributed by atoms with E-state index in [-0.39, 0.29) is 6.54 Å². The van der Waals surface area contributed by atoms with E-state index in [0.717, 1.165) is 11.0 Å². The molecule has 0 amide bonds. The van der Waals surface area contributed by atoms with Crippen LogP contribution in [0.25, 0.3) is 0 Å². The lowest BCUT2D eigenvalue weighted by molar-refractivity contribution is -0.385. The van der Waals surface area contributed by atoms with Crippen LogP contribution in [0.5, 0.6) is 0 Å². The van der Waals surface area contributed by atoms with Crippen molar-refractivity contribution in [1.82, 2.24) is 9.55 Å². The molecule has 1 aromatic heterocycles. The number of hydrogen-bond acceptors (Lipinski definition) is 5. The van der Waals surface area contributed by atoms with Gasteiger partial charge in [0.25, 0.3) is 0 Å². The summed E-state index contributed by atoms with van der Waals surface area (Å²) in [5.74, 6) is -0.396. The molecule has 0 radical (unpaired) electrons. The second-order valence-corrected chi connectivity index (χ2v) is 3.26. The highest BCUT2D eigenvalue weighted by atomic mass is 16.6. The summed E-state index contributed by atoms with van der Waals surface area (Å²) in [7, 11) is 0. The smallest absolute Gasteiger partial charge is 0.373 e. The third-order valence-corrected chi connectivity index (χ3v) is 2.13. The fraction of sp³-hybridized carbons (Fsp3) is 0.500. The minimum atomic E-state index is -1.07. The minimum Gasteiger partial charge on any atom is -0.379 e. The molecule has 0 aliphatic carbocycles. The number of H-pyrrole nitrogens is 1. The lowest BCUT2D eigenvalue weighted by atomic mass is 10.3. The zero-order valence-corrected chi connectivity index (χ0v) is 8.73. The molecule has 8 nitrogen and oxygen atoms in total. The van der Waals surface area contributed by atoms with Gasteiger partial charge in [-0.1, -0.05) is 13.3 Å². The molecule has 0 spiro atoms. The molecule has 0 fully saturated rings. The summed E-state index contributed by atoms with van der Waals surface area (Å²) in [6.45, 7) is 2.15. The summed E-state index contributed by atoms with van der Waals surface area (Å²) in [5, 5.41) is 10.6. The van der Waals surface area contributed by atoms with E-state index in [0.29, 0.717) is 6.42 Å². The van der Waals surface area contributed by atoms with Crippen LogP contribution >= 0.6 is 0 Å². The molecule has 0 unspecified atom stereocenters. The highest BCUT2D eigenvalue weighted by Crippen LogP contribution is 2.12. The Balaban J connectivity index is 3.39. The van der Waals surface area contributed by atoms with Crippen molar-refractivity contribution in [3.05, 3.63) is 31.0 Å². The van der Waals surface area contributed by atoms with Gasteiger partial charge in [-0.05, 0) is 6.42 Å². The highest BCUT2D eigenvalue weighted by Gasteiger charge is 2.21. The Hall–Kier alpha value is -2.12. The fourth-order valence-electron chi connectivity index (χ4n) is 1.29. The number of aromatic amines is 1. The Morgan fingerprint density at radius 2 is 2.12 bits per heavy atom. The standard InChI is InChI=1S/C8H12N4O4/c1-2-3-4-11-6(9)5(12(15)16)7(13)10-8(11)14/h2-4,9H2,1H3,(H,10,13,14). The maximum Gasteiger partial charge on any atom is 0.373 e. The predicted octanol–water partition coefficient (Wildman–Crippen LogP) is -0.173. The van der Waals surface area contributed by atoms with Crippen LogP contribution in [-0.2, 0) is 6.54 Å². The number of aromatic nitrogens is 2. The van der Waals surface area contributed by atoms with Crippen molar-refractivity contribution in [2.24, 2.45) is 0 Å². The summed E-state index contributed by atoms with van der Waals surface area (Å²) in [4.78, 5) is 34.0. The first-order valence-electron chi connectivity index (χ1n) is 4.76. The van der Waals surface area contributed by atoms with Crippen molar-refractivity contribution in [3.63, 3.8) is 0 Å². The largest absolute Gasteiger partial charge is 0.379 e. The van der Waals surface area contributed by atoms with Crippen LogP contribution in [0.15, 0.2) is 9.59 Å². The molecule has 0 saturated carbocycles. The maximum absolute atomic E-state index is 11.3. The first-order chi connectivity index (χ1) is 7.49. The molecule has 3 N–H and O–H groups in total. The van der Waals surface area contributed by atoms with Crippen LogP contribution in [0.3, 0.4) is 0 Å². The molecular weight excluding hydrogens is 216 g/mol. The predicted molar refractivity (Wildman–Crippen MR) is 57.3 cm³/mol. The number of nitrogens with two attached hydrogens (primary N) is 1. The molecule has 0 saturated heterocycles. The molecule has 16 heavy (non-hydrogen) atoms. The van der Waals surface area contributed by atoms with E-state index < -0.39 is 27.7 Å². The van der Waals surface area contributed by atoms with Crippen LogP contribution < -0.4 is 17.0 Å². The van der Waals surface area contributed by atoms with Gasteiger partial charge in [0.15, 0.2) is 5.82 Å². The molecule has 0 atom stereocenters. The van der Waals surface area contributed by atoms with Crippen molar-refractivity contribution < 1.29 is 4.92 Å². The zero-order chi connectivity index (χ0) is 12.3. The Morgan fingerprint density at radius 3 is 2.62 bits per heavy atom. The molecule has 1 aromatic rings. The molecule has 1 heterocycles. The van der Waals surface area contributed by atoms with E-state index in [1.165, 1.54) is 0 Å². The van der Waals surface area contributed by atoms with E-state index in [9.17, 15) is 19.7 Å². The Morgan fingerprint density at radius 1 is 1.50 bits per heavy atom. The average Bonchev–Trinajstić information content (AvgIpc) is 2.16. The molecule has 8 heteroatoms. The quantitative estimate of drug-likeness (QED) is 0.546. The summed E-state index contributed by atoms with van der Waals surface area (Å²) in [6.07, 6.45) is 1.45.